The van der Waals surface area contributed by atoms with Crippen LogP contribution >= 0.6 is 0 Å². The minimum Gasteiger partial charge on any atom is -0.308 e. The van der Waals surface area contributed by atoms with E-state index in [0.29, 0.717) is 5.92 Å². The molecule has 0 amide bonds. The molecule has 0 fully saturated rings. The lowest BCUT2D eigenvalue weighted by atomic mass is 9.55. The molecule has 0 saturated carbocycles. The zero-order valence-corrected chi connectivity index (χ0v) is 12.3. The number of fused-ring (bicyclic) bond motifs is 1. The van der Waals surface area contributed by atoms with Crippen LogP contribution in [0.5, 0.6) is 0 Å². The molecular weight excluding hydrogens is 242 g/mol. The van der Waals surface area contributed by atoms with Crippen LogP contribution in [-0.4, -0.2) is 25.5 Å². The molecule has 102 valence electrons. The Kier molecular flexibility index (Phi) is 2.55. The lowest BCUT2D eigenvalue weighted by molar-refractivity contribution is 0.267. The smallest absolute Gasteiger partial charge is 0.0335 e. The van der Waals surface area contributed by atoms with Crippen LogP contribution in [0.4, 0.5) is 0 Å². The molecule has 2 aromatic rings. The molecule has 2 bridgehead atoms. The van der Waals surface area contributed by atoms with Gasteiger partial charge in [-0.05, 0) is 49.2 Å². The van der Waals surface area contributed by atoms with E-state index in [0.717, 1.165) is 6.54 Å². The average molecular weight is 263 g/mol. The van der Waals surface area contributed by atoms with E-state index >= 15 is 0 Å². The Hall–Kier alpha value is -1.60. The van der Waals surface area contributed by atoms with E-state index in [9.17, 15) is 0 Å². The van der Waals surface area contributed by atoms with Crippen LogP contribution < -0.4 is 0 Å². The van der Waals surface area contributed by atoms with E-state index in [1.165, 1.54) is 12.8 Å². The first-order valence-corrected chi connectivity index (χ1v) is 7.56. The molecule has 0 radical (unpaired) electrons. The van der Waals surface area contributed by atoms with Crippen LogP contribution in [0.3, 0.4) is 0 Å². The van der Waals surface area contributed by atoms with Crippen molar-refractivity contribution in [2.75, 3.05) is 20.6 Å². The summed E-state index contributed by atoms with van der Waals surface area (Å²) in [5, 5.41) is 0. The first-order valence-electron chi connectivity index (χ1n) is 7.56. The van der Waals surface area contributed by atoms with E-state index in [4.69, 9.17) is 0 Å². The van der Waals surface area contributed by atoms with Crippen LogP contribution in [0.15, 0.2) is 48.5 Å². The summed E-state index contributed by atoms with van der Waals surface area (Å²) >= 11 is 0. The third kappa shape index (κ3) is 1.47. The van der Waals surface area contributed by atoms with Gasteiger partial charge < -0.3 is 4.90 Å². The molecule has 3 aliphatic carbocycles. The highest BCUT2D eigenvalue weighted by Gasteiger charge is 2.47. The number of hydrogen-bond acceptors (Lipinski definition) is 1. The normalized spacial score (nSPS) is 26.4. The van der Waals surface area contributed by atoms with Gasteiger partial charge in [0.25, 0.3) is 0 Å². The molecule has 0 unspecified atom stereocenters. The van der Waals surface area contributed by atoms with E-state index in [1.807, 2.05) is 0 Å². The fourth-order valence-electron chi connectivity index (χ4n) is 4.55. The minimum absolute atomic E-state index is 0.200. The molecule has 0 saturated heterocycles. The third-order valence-electron chi connectivity index (χ3n) is 5.15. The summed E-state index contributed by atoms with van der Waals surface area (Å²) in [5.41, 5.74) is 6.48. The number of nitrogens with zero attached hydrogens (tertiary/aromatic N) is 1. The second-order valence-corrected chi connectivity index (χ2v) is 6.59. The fourth-order valence-corrected chi connectivity index (χ4v) is 4.55. The standard InChI is InChI=1S/C19H21N/c1-20(2)13-19-12-11-14(15-7-3-5-9-17(15)19)16-8-4-6-10-18(16)19/h3-10,14H,11-13H2,1-2H3. The molecule has 1 nitrogen and oxygen atoms in total. The van der Waals surface area contributed by atoms with E-state index in [-0.39, 0.29) is 5.41 Å². The summed E-state index contributed by atoms with van der Waals surface area (Å²) in [6.45, 7) is 1.10. The second kappa shape index (κ2) is 4.20. The molecule has 20 heavy (non-hydrogen) atoms. The Balaban J connectivity index is 2.02. The molecule has 0 aromatic heterocycles. The maximum Gasteiger partial charge on any atom is 0.0335 e. The molecule has 3 aliphatic rings. The van der Waals surface area contributed by atoms with Gasteiger partial charge in [-0.1, -0.05) is 48.5 Å². The van der Waals surface area contributed by atoms with Crippen LogP contribution in [0.2, 0.25) is 0 Å². The predicted molar refractivity (Wildman–Crippen MR) is 83.3 cm³/mol. The summed E-state index contributed by atoms with van der Waals surface area (Å²) < 4.78 is 0. The maximum atomic E-state index is 2.36. The van der Waals surface area contributed by atoms with Crippen molar-refractivity contribution in [3.63, 3.8) is 0 Å². The first kappa shape index (κ1) is 12.2. The monoisotopic (exact) mass is 263 g/mol. The Bertz CT molecular complexity index is 609. The quantitative estimate of drug-likeness (QED) is 0.797. The van der Waals surface area contributed by atoms with Gasteiger partial charge in [0.05, 0.1) is 0 Å². The van der Waals surface area contributed by atoms with Crippen molar-refractivity contribution in [2.45, 2.75) is 24.2 Å². The van der Waals surface area contributed by atoms with Gasteiger partial charge in [0.15, 0.2) is 0 Å². The Morgan fingerprint density at radius 2 is 1.50 bits per heavy atom. The highest BCUT2D eigenvalue weighted by Crippen LogP contribution is 2.56. The van der Waals surface area contributed by atoms with Crippen LogP contribution in [-0.2, 0) is 5.41 Å². The Labute approximate surface area is 121 Å². The van der Waals surface area contributed by atoms with Crippen LogP contribution in [0.25, 0.3) is 0 Å². The van der Waals surface area contributed by atoms with Gasteiger partial charge in [0.2, 0.25) is 0 Å². The second-order valence-electron chi connectivity index (χ2n) is 6.59. The van der Waals surface area contributed by atoms with Crippen molar-refractivity contribution in [3.05, 3.63) is 70.8 Å². The third-order valence-corrected chi connectivity index (χ3v) is 5.15. The van der Waals surface area contributed by atoms with Crippen LogP contribution in [0.1, 0.15) is 41.0 Å². The largest absolute Gasteiger partial charge is 0.308 e. The van der Waals surface area contributed by atoms with Crippen LogP contribution in [0, 0.1) is 0 Å². The molecule has 0 aliphatic heterocycles. The van der Waals surface area contributed by atoms with Gasteiger partial charge in [-0.15, -0.1) is 0 Å². The maximum absolute atomic E-state index is 2.36. The molecule has 2 aromatic carbocycles. The van der Waals surface area contributed by atoms with Crippen molar-refractivity contribution < 1.29 is 0 Å². The van der Waals surface area contributed by atoms with E-state index < -0.39 is 0 Å². The highest BCUT2D eigenvalue weighted by molar-refractivity contribution is 5.59. The number of rotatable bonds is 2. The highest BCUT2D eigenvalue weighted by atomic mass is 15.1. The molecule has 5 rings (SSSR count). The molecular formula is C19H21N. The van der Waals surface area contributed by atoms with Gasteiger partial charge in [-0.25, -0.2) is 0 Å². The fraction of sp³-hybridized carbons (Fsp3) is 0.368. The number of likely N-dealkylation sites (N-methyl/N-ethyl adjacent to an activating group) is 1. The van der Waals surface area contributed by atoms with Crippen molar-refractivity contribution in [2.24, 2.45) is 0 Å². The lowest BCUT2D eigenvalue weighted by Gasteiger charge is -2.50. The summed E-state index contributed by atoms with van der Waals surface area (Å²) in [6, 6.07) is 18.2. The summed E-state index contributed by atoms with van der Waals surface area (Å²) in [7, 11) is 4.39. The van der Waals surface area contributed by atoms with Gasteiger partial charge in [-0.3, -0.25) is 0 Å². The Morgan fingerprint density at radius 3 is 2.05 bits per heavy atom. The van der Waals surface area contributed by atoms with E-state index in [2.05, 4.69) is 67.5 Å². The SMILES string of the molecule is CN(C)CC12CCC(c3ccccc31)c1ccccc12. The minimum atomic E-state index is 0.200. The summed E-state index contributed by atoms with van der Waals surface area (Å²) in [6.07, 6.45) is 2.58. The average Bonchev–Trinajstić information content (AvgIpc) is 2.48. The number of benzene rings is 2. The zero-order valence-electron chi connectivity index (χ0n) is 12.3. The molecule has 0 spiro atoms. The van der Waals surface area contributed by atoms with Crippen molar-refractivity contribution in [1.82, 2.24) is 4.90 Å². The van der Waals surface area contributed by atoms with Crippen molar-refractivity contribution >= 4 is 0 Å². The first-order chi connectivity index (χ1) is 9.72. The summed E-state index contributed by atoms with van der Waals surface area (Å²) in [4.78, 5) is 2.35. The van der Waals surface area contributed by atoms with Gasteiger partial charge >= 0.3 is 0 Å². The molecule has 0 N–H and O–H groups in total. The molecule has 0 heterocycles. The zero-order chi connectivity index (χ0) is 13.7. The number of hydrogen-bond donors (Lipinski definition) is 0. The van der Waals surface area contributed by atoms with E-state index in [1.54, 1.807) is 22.3 Å². The molecule has 0 atom stereocenters. The van der Waals surface area contributed by atoms with Gasteiger partial charge in [-0.2, -0.15) is 0 Å². The molecule has 1 heteroatoms. The topological polar surface area (TPSA) is 3.24 Å². The van der Waals surface area contributed by atoms with Gasteiger partial charge in [0, 0.05) is 17.9 Å². The summed E-state index contributed by atoms with van der Waals surface area (Å²) in [5.74, 6) is 0.617. The van der Waals surface area contributed by atoms with Crippen molar-refractivity contribution in [1.29, 1.82) is 0 Å². The predicted octanol–water partition coefficient (Wildman–Crippen LogP) is 3.77. The van der Waals surface area contributed by atoms with Crippen molar-refractivity contribution in [3.8, 4) is 0 Å². The Morgan fingerprint density at radius 1 is 0.950 bits per heavy atom. The lowest BCUT2D eigenvalue weighted by Crippen LogP contribution is -2.46. The van der Waals surface area contributed by atoms with Gasteiger partial charge in [0.1, 0.15) is 0 Å².